The van der Waals surface area contributed by atoms with Gasteiger partial charge in [0, 0.05) is 5.56 Å². The van der Waals surface area contributed by atoms with Gasteiger partial charge in [-0.05, 0) is 0 Å². The van der Waals surface area contributed by atoms with E-state index in [4.69, 9.17) is 5.26 Å². The first-order valence-corrected chi connectivity index (χ1v) is 4.03. The smallest absolute Gasteiger partial charge is 0.332 e. The summed E-state index contributed by atoms with van der Waals surface area (Å²) >= 11 is 0. The van der Waals surface area contributed by atoms with Crippen molar-refractivity contribution in [3.8, 4) is 6.07 Å². The maximum atomic E-state index is 12.4. The number of nitrogens with one attached hydrogen (secondary N) is 1. The quantitative estimate of drug-likeness (QED) is 0.623. The monoisotopic (exact) mass is 229 g/mol. The molecule has 0 radical (unpaired) electrons. The van der Waals surface area contributed by atoms with Crippen molar-refractivity contribution in [3.05, 3.63) is 37.8 Å². The topological polar surface area (TPSA) is 99.8 Å². The van der Waals surface area contributed by atoms with Crippen LogP contribution < -0.4 is 5.43 Å². The number of nitro groups is 1. The lowest BCUT2D eigenvalue weighted by Gasteiger charge is -2.04. The third-order valence-electron chi connectivity index (χ3n) is 1.87. The first-order chi connectivity index (χ1) is 7.49. The molecule has 0 aliphatic heterocycles. The normalized spacial score (nSPS) is 10.1. The standard InChI is InChI=1S/C8H5F2N3O3/c9-8(10)6-4(1-2-11)7(14)5(3-12-6)13(15)16/h3,8H,1H2,(H,12,14). The lowest BCUT2D eigenvalue weighted by Crippen LogP contribution is -2.17. The minimum absolute atomic E-state index is 0.563. The summed E-state index contributed by atoms with van der Waals surface area (Å²) < 4.78 is 24.8. The third-order valence-corrected chi connectivity index (χ3v) is 1.87. The molecule has 0 unspecified atom stereocenters. The van der Waals surface area contributed by atoms with Gasteiger partial charge in [-0.15, -0.1) is 0 Å². The van der Waals surface area contributed by atoms with Gasteiger partial charge in [-0.2, -0.15) is 5.26 Å². The van der Waals surface area contributed by atoms with Crippen molar-refractivity contribution in [1.82, 2.24) is 4.98 Å². The summed E-state index contributed by atoms with van der Waals surface area (Å²) in [6, 6.07) is 1.51. The van der Waals surface area contributed by atoms with Crippen molar-refractivity contribution >= 4 is 5.69 Å². The summed E-state index contributed by atoms with van der Waals surface area (Å²) in [7, 11) is 0. The molecule has 0 saturated heterocycles. The van der Waals surface area contributed by atoms with E-state index in [0.29, 0.717) is 6.20 Å². The summed E-state index contributed by atoms with van der Waals surface area (Å²) in [4.78, 5) is 22.7. The molecule has 0 aliphatic carbocycles. The Hall–Kier alpha value is -2.30. The van der Waals surface area contributed by atoms with Gasteiger partial charge in [-0.3, -0.25) is 14.9 Å². The zero-order valence-electron chi connectivity index (χ0n) is 7.74. The molecule has 84 valence electrons. The van der Waals surface area contributed by atoms with Crippen molar-refractivity contribution in [2.24, 2.45) is 0 Å². The average molecular weight is 229 g/mol. The van der Waals surface area contributed by atoms with Crippen LogP contribution in [-0.4, -0.2) is 9.91 Å². The van der Waals surface area contributed by atoms with Crippen LogP contribution in [0.1, 0.15) is 17.7 Å². The number of hydrogen-bond acceptors (Lipinski definition) is 4. The number of H-pyrrole nitrogens is 1. The van der Waals surface area contributed by atoms with Gasteiger partial charge in [0.15, 0.2) is 0 Å². The largest absolute Gasteiger partial charge is 0.354 e. The van der Waals surface area contributed by atoms with Crippen LogP contribution in [0.25, 0.3) is 0 Å². The molecule has 6 nitrogen and oxygen atoms in total. The number of nitrogens with zero attached hydrogens (tertiary/aromatic N) is 2. The zero-order chi connectivity index (χ0) is 12.3. The molecule has 0 aliphatic rings. The first kappa shape index (κ1) is 11.8. The second kappa shape index (κ2) is 4.48. The maximum absolute atomic E-state index is 12.4. The molecule has 1 N–H and O–H groups in total. The Kier molecular flexibility index (Phi) is 3.30. The summed E-state index contributed by atoms with van der Waals surface area (Å²) in [6.45, 7) is 0. The van der Waals surface area contributed by atoms with Crippen LogP contribution in [0.2, 0.25) is 0 Å². The van der Waals surface area contributed by atoms with Crippen LogP contribution in [0.15, 0.2) is 11.0 Å². The average Bonchev–Trinajstić information content (AvgIpc) is 2.20. The number of pyridine rings is 1. The van der Waals surface area contributed by atoms with Crippen LogP contribution in [0.4, 0.5) is 14.5 Å². The molecule has 0 atom stereocenters. The summed E-state index contributed by atoms with van der Waals surface area (Å²) in [6.07, 6.45) is -2.99. The van der Waals surface area contributed by atoms with E-state index in [0.717, 1.165) is 0 Å². The fourth-order valence-electron chi connectivity index (χ4n) is 1.16. The van der Waals surface area contributed by atoms with E-state index in [1.165, 1.54) is 6.07 Å². The molecule has 1 aromatic rings. The van der Waals surface area contributed by atoms with Crippen LogP contribution in [0.3, 0.4) is 0 Å². The van der Waals surface area contributed by atoms with Crippen molar-refractivity contribution < 1.29 is 13.7 Å². The lowest BCUT2D eigenvalue weighted by atomic mass is 10.1. The van der Waals surface area contributed by atoms with Crippen molar-refractivity contribution in [2.45, 2.75) is 12.8 Å². The van der Waals surface area contributed by atoms with Crippen LogP contribution in [-0.2, 0) is 6.42 Å². The van der Waals surface area contributed by atoms with Gasteiger partial charge in [-0.1, -0.05) is 0 Å². The third kappa shape index (κ3) is 2.03. The Labute approximate surface area is 87.3 Å². The Morgan fingerprint density at radius 2 is 2.25 bits per heavy atom. The van der Waals surface area contributed by atoms with Crippen molar-refractivity contribution in [3.63, 3.8) is 0 Å². The highest BCUT2D eigenvalue weighted by Crippen LogP contribution is 2.20. The zero-order valence-corrected chi connectivity index (χ0v) is 7.74. The van der Waals surface area contributed by atoms with Gasteiger partial charge in [0.05, 0.1) is 29.3 Å². The molecular formula is C8H5F2N3O3. The number of halogens is 2. The predicted molar refractivity (Wildman–Crippen MR) is 48.0 cm³/mol. The molecule has 1 heterocycles. The second-order valence-electron chi connectivity index (χ2n) is 2.79. The molecule has 0 aromatic carbocycles. The highest BCUT2D eigenvalue weighted by Gasteiger charge is 2.23. The number of aromatic nitrogens is 1. The highest BCUT2D eigenvalue weighted by atomic mass is 19.3. The van der Waals surface area contributed by atoms with Crippen LogP contribution >= 0.6 is 0 Å². The molecule has 1 rings (SSSR count). The lowest BCUT2D eigenvalue weighted by molar-refractivity contribution is -0.386. The number of nitriles is 1. The molecule has 0 bridgehead atoms. The van der Waals surface area contributed by atoms with Gasteiger partial charge in [0.25, 0.3) is 11.9 Å². The van der Waals surface area contributed by atoms with Crippen LogP contribution in [0, 0.1) is 21.4 Å². The fourth-order valence-corrected chi connectivity index (χ4v) is 1.16. The predicted octanol–water partition coefficient (Wildman–Crippen LogP) is 1.29. The van der Waals surface area contributed by atoms with Gasteiger partial charge in [0.2, 0.25) is 0 Å². The summed E-state index contributed by atoms with van der Waals surface area (Å²) in [5.74, 6) is 0. The maximum Gasteiger partial charge on any atom is 0.332 e. The number of aromatic amines is 1. The molecule has 0 spiro atoms. The fraction of sp³-hybridized carbons (Fsp3) is 0.250. The van der Waals surface area contributed by atoms with E-state index < -0.39 is 40.1 Å². The summed E-state index contributed by atoms with van der Waals surface area (Å²) in [5, 5.41) is 18.7. The molecular weight excluding hydrogens is 224 g/mol. The second-order valence-corrected chi connectivity index (χ2v) is 2.79. The summed E-state index contributed by atoms with van der Waals surface area (Å²) in [5.41, 5.74) is -3.32. The Morgan fingerprint density at radius 1 is 1.62 bits per heavy atom. The molecule has 1 aromatic heterocycles. The number of rotatable bonds is 3. The van der Waals surface area contributed by atoms with E-state index in [1.54, 1.807) is 0 Å². The van der Waals surface area contributed by atoms with E-state index in [1.807, 2.05) is 4.98 Å². The van der Waals surface area contributed by atoms with Gasteiger partial charge >= 0.3 is 5.69 Å². The molecule has 0 fully saturated rings. The van der Waals surface area contributed by atoms with Crippen molar-refractivity contribution in [2.75, 3.05) is 0 Å². The highest BCUT2D eigenvalue weighted by molar-refractivity contribution is 5.36. The number of alkyl halides is 2. The Bertz CT molecular complexity index is 518. The molecule has 0 saturated carbocycles. The van der Waals surface area contributed by atoms with E-state index in [2.05, 4.69) is 0 Å². The molecule has 8 heteroatoms. The minimum atomic E-state index is -2.99. The Balaban J connectivity index is 3.49. The van der Waals surface area contributed by atoms with Crippen LogP contribution in [0.5, 0.6) is 0 Å². The van der Waals surface area contributed by atoms with Gasteiger partial charge in [0.1, 0.15) is 0 Å². The molecule has 16 heavy (non-hydrogen) atoms. The number of hydrogen-bond donors (Lipinski definition) is 1. The van der Waals surface area contributed by atoms with Gasteiger partial charge in [-0.25, -0.2) is 8.78 Å². The van der Waals surface area contributed by atoms with E-state index in [9.17, 15) is 23.7 Å². The Morgan fingerprint density at radius 3 is 2.69 bits per heavy atom. The van der Waals surface area contributed by atoms with Gasteiger partial charge < -0.3 is 4.98 Å². The SMILES string of the molecule is N#CCc1c(C(F)F)[nH]cc([N+](=O)[O-])c1=O. The molecule has 0 amide bonds. The van der Waals surface area contributed by atoms with Crippen molar-refractivity contribution in [1.29, 1.82) is 5.26 Å². The minimum Gasteiger partial charge on any atom is -0.354 e. The first-order valence-electron chi connectivity index (χ1n) is 4.03. The van der Waals surface area contributed by atoms with E-state index in [-0.39, 0.29) is 0 Å². The van der Waals surface area contributed by atoms with E-state index >= 15 is 0 Å².